The van der Waals surface area contributed by atoms with Gasteiger partial charge in [-0.05, 0) is 44.9 Å². The van der Waals surface area contributed by atoms with Gasteiger partial charge in [-0.3, -0.25) is 27.7 Å². The molecule has 5 unspecified atom stereocenters. The average molecular weight is 837 g/mol. The van der Waals surface area contributed by atoms with E-state index < -0.39 is 85.5 Å². The number of phosphoric ester groups is 2. The van der Waals surface area contributed by atoms with Crippen LogP contribution in [0.15, 0.2) is 72.9 Å². The van der Waals surface area contributed by atoms with Crippen molar-refractivity contribution in [2.45, 2.75) is 122 Å². The van der Waals surface area contributed by atoms with Gasteiger partial charge >= 0.3 is 27.6 Å². The highest BCUT2D eigenvalue weighted by molar-refractivity contribution is 7.47. The summed E-state index contributed by atoms with van der Waals surface area (Å²) in [6, 6.07) is 0. The molecule has 0 saturated heterocycles. The maximum atomic E-state index is 12.1. The fourth-order valence-corrected chi connectivity index (χ4v) is 5.81. The molecule has 0 bridgehead atoms. The molecule has 0 aliphatic rings. The molecule has 56 heavy (non-hydrogen) atoms. The van der Waals surface area contributed by atoms with E-state index in [1.165, 1.54) is 12.8 Å². The Labute approximate surface area is 333 Å². The van der Waals surface area contributed by atoms with Gasteiger partial charge in [-0.1, -0.05) is 119 Å². The summed E-state index contributed by atoms with van der Waals surface area (Å²) in [5.74, 6) is -1.08. The van der Waals surface area contributed by atoms with Gasteiger partial charge in [-0.25, -0.2) is 9.13 Å². The van der Waals surface area contributed by atoms with Crippen LogP contribution in [0, 0.1) is 0 Å². The Hall–Kier alpha value is -2.52. The maximum Gasteiger partial charge on any atom is 0.472 e. The number of ether oxygens (including phenoxy) is 2. The molecule has 0 aliphatic heterocycles. The van der Waals surface area contributed by atoms with Crippen molar-refractivity contribution in [3.05, 3.63) is 72.9 Å². The average Bonchev–Trinajstić information content (AvgIpc) is 3.17. The number of hydrogen-bond acceptors (Lipinski definition) is 13. The van der Waals surface area contributed by atoms with Crippen molar-refractivity contribution in [1.29, 1.82) is 0 Å². The van der Waals surface area contributed by atoms with Gasteiger partial charge in [0.25, 0.3) is 0 Å². The van der Waals surface area contributed by atoms with Crippen molar-refractivity contribution >= 4 is 27.6 Å². The molecule has 0 fully saturated rings. The quantitative estimate of drug-likeness (QED) is 0.0138. The third-order valence-corrected chi connectivity index (χ3v) is 9.18. The van der Waals surface area contributed by atoms with Crippen molar-refractivity contribution in [2.24, 2.45) is 0 Å². The molecule has 0 saturated carbocycles. The summed E-state index contributed by atoms with van der Waals surface area (Å²) < 4.78 is 52.6. The Bertz CT molecular complexity index is 1290. The maximum absolute atomic E-state index is 12.1. The molecule has 0 aliphatic carbocycles. The number of aliphatic hydroxyl groups is 3. The zero-order valence-electron chi connectivity index (χ0n) is 33.0. The Morgan fingerprint density at radius 1 is 0.482 bits per heavy atom. The molecule has 17 heteroatoms. The normalized spacial score (nSPS) is 16.3. The van der Waals surface area contributed by atoms with Crippen molar-refractivity contribution in [1.82, 2.24) is 0 Å². The van der Waals surface area contributed by atoms with Crippen LogP contribution in [-0.2, 0) is 46.3 Å². The molecule has 5 N–H and O–H groups in total. The Morgan fingerprint density at radius 3 is 1.34 bits per heavy atom. The SMILES string of the molecule is CC/C=C/C=C/C=C\C=C/C=C/CCCC(=O)OCC(O)COP(=O)(O)OCC(O)COP(=O)(O)OCC(O)COC(=O)CCCCCCC/C=C\CCCC. The lowest BCUT2D eigenvalue weighted by Gasteiger charge is -2.19. The fourth-order valence-electron chi connectivity index (χ4n) is 4.22. The minimum absolute atomic E-state index is 0.0965. The lowest BCUT2D eigenvalue weighted by atomic mass is 10.1. The van der Waals surface area contributed by atoms with E-state index in [0.29, 0.717) is 19.3 Å². The highest BCUT2D eigenvalue weighted by Crippen LogP contribution is 2.45. The lowest BCUT2D eigenvalue weighted by Crippen LogP contribution is -2.25. The zero-order chi connectivity index (χ0) is 41.8. The molecule has 15 nitrogen and oxygen atoms in total. The summed E-state index contributed by atoms with van der Waals surface area (Å²) in [6.07, 6.45) is 30.8. The molecule has 322 valence electrons. The second-order valence-corrected chi connectivity index (χ2v) is 15.6. The van der Waals surface area contributed by atoms with Crippen LogP contribution >= 0.6 is 15.6 Å². The van der Waals surface area contributed by atoms with E-state index in [1.807, 2.05) is 54.7 Å². The minimum Gasteiger partial charge on any atom is -0.463 e. The van der Waals surface area contributed by atoms with Crippen LogP contribution in [0.2, 0.25) is 0 Å². The van der Waals surface area contributed by atoms with Crippen LogP contribution in [0.4, 0.5) is 0 Å². The van der Waals surface area contributed by atoms with E-state index in [4.69, 9.17) is 9.47 Å². The highest BCUT2D eigenvalue weighted by Gasteiger charge is 2.28. The summed E-state index contributed by atoms with van der Waals surface area (Å²) in [5.41, 5.74) is 0. The van der Waals surface area contributed by atoms with E-state index in [0.717, 1.165) is 44.9 Å². The molecule has 0 aromatic rings. The summed E-state index contributed by atoms with van der Waals surface area (Å²) in [7, 11) is -9.58. The molecule has 5 atom stereocenters. The largest absolute Gasteiger partial charge is 0.472 e. The van der Waals surface area contributed by atoms with Gasteiger partial charge in [0.2, 0.25) is 0 Å². The van der Waals surface area contributed by atoms with Crippen LogP contribution in [-0.4, -0.2) is 95.0 Å². The van der Waals surface area contributed by atoms with Crippen LogP contribution in [0.5, 0.6) is 0 Å². The van der Waals surface area contributed by atoms with Gasteiger partial charge in [-0.2, -0.15) is 0 Å². The standard InChI is InChI=1S/C39H66O15P2/c1-3-5-7-9-11-13-15-16-18-20-22-24-26-28-39(44)50-30-36(41)32-52-56(47,48)54-34-37(42)33-53-55(45,46)51-31-35(40)29-49-38(43)27-25-23-21-19-17-14-12-10-8-6-4-2/h5,7,9-13,15-16,18,20,22,35-37,40-42H,3-4,6,8,14,17,19,21,23-34H2,1-2H3,(H,45,46)(H,47,48)/b7-5+,11-9+,12-10-,15-13-,18-16-,22-20+. The first-order valence-corrected chi connectivity index (χ1v) is 22.3. The molecule has 0 heterocycles. The number of allylic oxidation sites excluding steroid dienone is 12. The molecule has 0 radical (unpaired) electrons. The first-order valence-electron chi connectivity index (χ1n) is 19.4. The number of carbonyl (C=O) groups is 2. The molecule has 0 aromatic heterocycles. The number of aliphatic hydroxyl groups excluding tert-OH is 3. The van der Waals surface area contributed by atoms with Gasteiger partial charge in [0.15, 0.2) is 0 Å². The van der Waals surface area contributed by atoms with Crippen molar-refractivity contribution in [3.63, 3.8) is 0 Å². The molecular weight excluding hydrogens is 770 g/mol. The number of carbonyl (C=O) groups excluding carboxylic acids is 2. The summed E-state index contributed by atoms with van der Waals surface area (Å²) >= 11 is 0. The fraction of sp³-hybridized carbons (Fsp3) is 0.641. The molecule has 0 aromatic carbocycles. The number of hydrogen-bond donors (Lipinski definition) is 5. The Kier molecular flexibility index (Phi) is 34.0. The third-order valence-electron chi connectivity index (χ3n) is 7.27. The predicted octanol–water partition coefficient (Wildman–Crippen LogP) is 7.26. The van der Waals surface area contributed by atoms with Crippen LogP contribution in [0.3, 0.4) is 0 Å². The van der Waals surface area contributed by atoms with E-state index in [1.54, 1.807) is 0 Å². The van der Waals surface area contributed by atoms with Crippen molar-refractivity contribution in [3.8, 4) is 0 Å². The van der Waals surface area contributed by atoms with E-state index in [-0.39, 0.29) is 12.8 Å². The van der Waals surface area contributed by atoms with Gasteiger partial charge in [0.1, 0.15) is 31.5 Å². The number of phosphoric acid groups is 2. The van der Waals surface area contributed by atoms with E-state index in [2.05, 4.69) is 50.2 Å². The Balaban J connectivity index is 4.06. The third kappa shape index (κ3) is 37.1. The number of esters is 2. The van der Waals surface area contributed by atoms with E-state index >= 15 is 0 Å². The second kappa shape index (κ2) is 35.6. The van der Waals surface area contributed by atoms with Gasteiger partial charge in [0.05, 0.1) is 26.4 Å². The van der Waals surface area contributed by atoms with Crippen LogP contribution < -0.4 is 0 Å². The summed E-state index contributed by atoms with van der Waals surface area (Å²) in [5, 5.41) is 29.8. The monoisotopic (exact) mass is 836 g/mol. The smallest absolute Gasteiger partial charge is 0.463 e. The molecular formula is C39H66O15P2. The first kappa shape index (κ1) is 53.5. The van der Waals surface area contributed by atoms with Gasteiger partial charge in [-0.15, -0.1) is 0 Å². The highest BCUT2D eigenvalue weighted by atomic mass is 31.2. The van der Waals surface area contributed by atoms with Crippen molar-refractivity contribution < 1.29 is 71.4 Å². The van der Waals surface area contributed by atoms with Gasteiger partial charge < -0.3 is 34.6 Å². The topological polar surface area (TPSA) is 225 Å². The van der Waals surface area contributed by atoms with E-state index in [9.17, 15) is 43.8 Å². The predicted molar refractivity (Wildman–Crippen MR) is 214 cm³/mol. The summed E-state index contributed by atoms with van der Waals surface area (Å²) in [4.78, 5) is 43.4. The minimum atomic E-state index is -4.80. The second-order valence-electron chi connectivity index (χ2n) is 12.7. The molecule has 0 rings (SSSR count). The van der Waals surface area contributed by atoms with Crippen LogP contribution in [0.1, 0.15) is 104 Å². The van der Waals surface area contributed by atoms with Crippen molar-refractivity contribution in [2.75, 3.05) is 39.6 Å². The number of unbranched alkanes of at least 4 members (excludes halogenated alkanes) is 8. The Morgan fingerprint density at radius 2 is 0.857 bits per heavy atom. The summed E-state index contributed by atoms with van der Waals surface area (Å²) in [6.45, 7) is 0.0716. The van der Waals surface area contributed by atoms with Crippen LogP contribution in [0.25, 0.3) is 0 Å². The first-order chi connectivity index (χ1) is 26.8. The van der Waals surface area contributed by atoms with Gasteiger partial charge in [0, 0.05) is 12.8 Å². The zero-order valence-corrected chi connectivity index (χ0v) is 34.8. The molecule has 0 spiro atoms. The lowest BCUT2D eigenvalue weighted by molar-refractivity contribution is -0.148. The molecule has 0 amide bonds. The number of rotatable bonds is 36.